The number of carbonyl (C=O) groups excluding carboxylic acids is 2. The monoisotopic (exact) mass is 437 g/mol. The van der Waals surface area contributed by atoms with Crippen molar-refractivity contribution in [3.8, 4) is 23.8 Å². The van der Waals surface area contributed by atoms with Gasteiger partial charge in [-0.2, -0.15) is 0 Å². The van der Waals surface area contributed by atoms with Crippen LogP contribution >= 0.6 is 11.8 Å². The summed E-state index contributed by atoms with van der Waals surface area (Å²) in [5, 5.41) is -0.397. The van der Waals surface area contributed by atoms with Gasteiger partial charge in [-0.1, -0.05) is 24.1 Å². The summed E-state index contributed by atoms with van der Waals surface area (Å²) in [5.41, 5.74) is 2.28. The third-order valence-electron chi connectivity index (χ3n) is 4.46. The highest BCUT2D eigenvalue weighted by Gasteiger charge is 2.34. The lowest BCUT2D eigenvalue weighted by molar-refractivity contribution is -0.122. The van der Waals surface area contributed by atoms with E-state index in [1.54, 1.807) is 30.4 Å². The minimum atomic E-state index is -0.422. The summed E-state index contributed by atoms with van der Waals surface area (Å²) in [7, 11) is 1.52. The SMILES string of the molecule is C#CCN1C(=O)S/C(=C\c2cc(CC=C)c(OCc3ccc(F)cc3)c(OC)c2)C1=O. The van der Waals surface area contributed by atoms with E-state index in [0.29, 0.717) is 23.5 Å². The van der Waals surface area contributed by atoms with Crippen LogP contribution in [0.25, 0.3) is 6.08 Å². The Morgan fingerprint density at radius 3 is 2.65 bits per heavy atom. The van der Waals surface area contributed by atoms with E-state index in [9.17, 15) is 14.0 Å². The smallest absolute Gasteiger partial charge is 0.294 e. The highest BCUT2D eigenvalue weighted by Crippen LogP contribution is 2.37. The zero-order chi connectivity index (χ0) is 22.4. The van der Waals surface area contributed by atoms with E-state index >= 15 is 0 Å². The molecule has 2 aromatic carbocycles. The van der Waals surface area contributed by atoms with Crippen molar-refractivity contribution < 1.29 is 23.5 Å². The van der Waals surface area contributed by atoms with Crippen LogP contribution in [0, 0.1) is 18.2 Å². The Morgan fingerprint density at radius 1 is 1.26 bits per heavy atom. The molecule has 3 rings (SSSR count). The van der Waals surface area contributed by atoms with Crippen LogP contribution < -0.4 is 9.47 Å². The lowest BCUT2D eigenvalue weighted by atomic mass is 10.0. The normalized spacial score (nSPS) is 14.6. The molecule has 0 aliphatic carbocycles. The summed E-state index contributed by atoms with van der Waals surface area (Å²) in [6, 6.07) is 9.61. The van der Waals surface area contributed by atoms with Gasteiger partial charge in [0.1, 0.15) is 12.4 Å². The number of benzene rings is 2. The van der Waals surface area contributed by atoms with Gasteiger partial charge in [-0.3, -0.25) is 14.5 Å². The molecule has 158 valence electrons. The second kappa shape index (κ2) is 10.0. The number of terminal acetylenes is 1. The largest absolute Gasteiger partial charge is 0.493 e. The zero-order valence-corrected chi connectivity index (χ0v) is 17.7. The Hall–Kier alpha value is -3.50. The topological polar surface area (TPSA) is 55.8 Å². The van der Waals surface area contributed by atoms with Crippen LogP contribution in [0.4, 0.5) is 9.18 Å². The van der Waals surface area contributed by atoms with Gasteiger partial charge in [0, 0.05) is 5.56 Å². The van der Waals surface area contributed by atoms with Crippen LogP contribution in [0.2, 0.25) is 0 Å². The molecule has 0 aromatic heterocycles. The number of allylic oxidation sites excluding steroid dienone is 1. The quantitative estimate of drug-likeness (QED) is 0.337. The Kier molecular flexibility index (Phi) is 7.16. The summed E-state index contributed by atoms with van der Waals surface area (Å²) < 4.78 is 24.6. The average Bonchev–Trinajstić information content (AvgIpc) is 3.01. The Bertz CT molecular complexity index is 1090. The molecule has 0 unspecified atom stereocenters. The molecule has 1 aliphatic rings. The molecular weight excluding hydrogens is 417 g/mol. The Morgan fingerprint density at radius 2 is 2.00 bits per heavy atom. The fourth-order valence-electron chi connectivity index (χ4n) is 3.00. The van der Waals surface area contributed by atoms with E-state index in [0.717, 1.165) is 27.8 Å². The molecule has 0 saturated carbocycles. The van der Waals surface area contributed by atoms with E-state index in [1.165, 1.54) is 19.2 Å². The van der Waals surface area contributed by atoms with E-state index in [-0.39, 0.29) is 23.9 Å². The number of carbonyl (C=O) groups is 2. The van der Waals surface area contributed by atoms with Crippen molar-refractivity contribution in [1.82, 2.24) is 4.90 Å². The molecule has 0 atom stereocenters. The first-order valence-electron chi connectivity index (χ1n) is 9.34. The van der Waals surface area contributed by atoms with Gasteiger partial charge in [-0.05, 0) is 59.7 Å². The second-order valence-electron chi connectivity index (χ2n) is 6.59. The molecule has 0 radical (unpaired) electrons. The molecule has 0 bridgehead atoms. The standard InChI is InChI=1S/C24H20FNO4S/c1-4-6-18-12-17(14-21-23(27)26(11-5-2)24(28)31-21)13-20(29-3)22(18)30-15-16-7-9-19(25)10-8-16/h2,4,7-10,12-14H,1,6,11,15H2,3H3/b21-14-. The summed E-state index contributed by atoms with van der Waals surface area (Å²) in [6.45, 7) is 3.95. The maximum Gasteiger partial charge on any atom is 0.294 e. The van der Waals surface area contributed by atoms with E-state index < -0.39 is 11.1 Å². The number of nitrogens with zero attached hydrogens (tertiary/aromatic N) is 1. The molecule has 1 fully saturated rings. The number of methoxy groups -OCH3 is 1. The number of hydrogen-bond donors (Lipinski definition) is 0. The minimum Gasteiger partial charge on any atom is -0.493 e. The first kappa shape index (κ1) is 22.2. The van der Waals surface area contributed by atoms with Crippen molar-refractivity contribution in [2.75, 3.05) is 13.7 Å². The minimum absolute atomic E-state index is 0.0663. The zero-order valence-electron chi connectivity index (χ0n) is 16.9. The number of ether oxygens (including phenoxy) is 2. The predicted octanol–water partition coefficient (Wildman–Crippen LogP) is 4.81. The first-order chi connectivity index (χ1) is 15.0. The molecule has 1 aliphatic heterocycles. The van der Waals surface area contributed by atoms with Gasteiger partial charge >= 0.3 is 0 Å². The van der Waals surface area contributed by atoms with Crippen molar-refractivity contribution in [2.45, 2.75) is 13.0 Å². The maximum absolute atomic E-state index is 13.1. The Labute approximate surface area is 184 Å². The van der Waals surface area contributed by atoms with E-state index in [4.69, 9.17) is 15.9 Å². The molecule has 31 heavy (non-hydrogen) atoms. The fourth-order valence-corrected chi connectivity index (χ4v) is 3.84. The highest BCUT2D eigenvalue weighted by atomic mass is 32.2. The predicted molar refractivity (Wildman–Crippen MR) is 119 cm³/mol. The molecule has 5 nitrogen and oxygen atoms in total. The highest BCUT2D eigenvalue weighted by molar-refractivity contribution is 8.18. The summed E-state index contributed by atoms with van der Waals surface area (Å²) in [5.74, 6) is 2.57. The number of hydrogen-bond acceptors (Lipinski definition) is 5. The number of thioether (sulfide) groups is 1. The number of imide groups is 1. The van der Waals surface area contributed by atoms with Crippen molar-refractivity contribution in [3.05, 3.63) is 76.5 Å². The molecule has 1 saturated heterocycles. The van der Waals surface area contributed by atoms with Crippen molar-refractivity contribution in [3.63, 3.8) is 0 Å². The molecule has 2 amide bonds. The summed E-state index contributed by atoms with van der Waals surface area (Å²) in [4.78, 5) is 25.8. The van der Waals surface area contributed by atoms with Crippen LogP contribution in [0.1, 0.15) is 16.7 Å². The van der Waals surface area contributed by atoms with Crippen LogP contribution in [0.3, 0.4) is 0 Å². The third kappa shape index (κ3) is 5.16. The van der Waals surface area contributed by atoms with Gasteiger partial charge in [-0.15, -0.1) is 13.0 Å². The maximum atomic E-state index is 13.1. The third-order valence-corrected chi connectivity index (χ3v) is 5.36. The van der Waals surface area contributed by atoms with Gasteiger partial charge in [0.05, 0.1) is 18.6 Å². The van der Waals surface area contributed by atoms with Crippen molar-refractivity contribution in [2.24, 2.45) is 0 Å². The van der Waals surface area contributed by atoms with Crippen molar-refractivity contribution in [1.29, 1.82) is 0 Å². The first-order valence-corrected chi connectivity index (χ1v) is 10.2. The fraction of sp³-hybridized carbons (Fsp3) is 0.167. The van der Waals surface area contributed by atoms with Gasteiger partial charge in [0.2, 0.25) is 0 Å². The number of amides is 2. The average molecular weight is 437 g/mol. The van der Waals surface area contributed by atoms with Gasteiger partial charge in [-0.25, -0.2) is 4.39 Å². The molecule has 0 spiro atoms. The number of rotatable bonds is 8. The lowest BCUT2D eigenvalue weighted by Crippen LogP contribution is -2.28. The Balaban J connectivity index is 1.91. The molecule has 2 aromatic rings. The van der Waals surface area contributed by atoms with Gasteiger partial charge in [0.25, 0.3) is 11.1 Å². The lowest BCUT2D eigenvalue weighted by Gasteiger charge is -2.16. The van der Waals surface area contributed by atoms with E-state index in [2.05, 4.69) is 12.5 Å². The summed E-state index contributed by atoms with van der Waals surface area (Å²) in [6.07, 6.45) is 9.08. The van der Waals surface area contributed by atoms with Crippen LogP contribution in [0.5, 0.6) is 11.5 Å². The number of halogens is 1. The van der Waals surface area contributed by atoms with Gasteiger partial charge < -0.3 is 9.47 Å². The van der Waals surface area contributed by atoms with Crippen molar-refractivity contribution >= 4 is 29.0 Å². The van der Waals surface area contributed by atoms with Crippen LogP contribution in [-0.4, -0.2) is 29.7 Å². The molecular formula is C24H20FNO4S. The van der Waals surface area contributed by atoms with E-state index in [1.807, 2.05) is 6.07 Å². The molecule has 1 heterocycles. The molecule has 0 N–H and O–H groups in total. The van der Waals surface area contributed by atoms with Crippen LogP contribution in [-0.2, 0) is 17.8 Å². The van der Waals surface area contributed by atoms with Crippen LogP contribution in [0.15, 0.2) is 54.0 Å². The second-order valence-corrected chi connectivity index (χ2v) is 7.58. The van der Waals surface area contributed by atoms with Gasteiger partial charge in [0.15, 0.2) is 11.5 Å². The molecule has 7 heteroatoms. The summed E-state index contributed by atoms with van der Waals surface area (Å²) >= 11 is 0.842.